The highest BCUT2D eigenvalue weighted by Crippen LogP contribution is 2.19. The van der Waals surface area contributed by atoms with Crippen molar-refractivity contribution >= 4 is 11.5 Å². The van der Waals surface area contributed by atoms with E-state index in [-0.39, 0.29) is 5.78 Å². The molecule has 3 aromatic rings. The zero-order valence-corrected chi connectivity index (χ0v) is 12.1. The Balaban J connectivity index is 1.73. The van der Waals surface area contributed by atoms with E-state index in [9.17, 15) is 4.79 Å². The van der Waals surface area contributed by atoms with Crippen molar-refractivity contribution in [3.05, 3.63) is 66.1 Å². The molecule has 0 saturated heterocycles. The van der Waals surface area contributed by atoms with Crippen LogP contribution in [0.25, 0.3) is 11.5 Å². The maximum Gasteiger partial charge on any atom is 0.247 e. The average molecular weight is 293 g/mol. The van der Waals surface area contributed by atoms with Crippen LogP contribution in [0.2, 0.25) is 0 Å². The predicted molar refractivity (Wildman–Crippen MR) is 83.5 cm³/mol. The van der Waals surface area contributed by atoms with Crippen LogP contribution in [0.5, 0.6) is 0 Å². The van der Waals surface area contributed by atoms with Crippen LogP contribution < -0.4 is 5.32 Å². The highest BCUT2D eigenvalue weighted by atomic mass is 16.4. The summed E-state index contributed by atoms with van der Waals surface area (Å²) < 4.78 is 5.62. The molecule has 0 fully saturated rings. The van der Waals surface area contributed by atoms with Gasteiger partial charge >= 0.3 is 0 Å². The van der Waals surface area contributed by atoms with E-state index in [1.54, 1.807) is 13.0 Å². The first-order chi connectivity index (χ1) is 10.7. The number of carbonyl (C=O) groups is 1. The number of hydrogen-bond acceptors (Lipinski definition) is 5. The van der Waals surface area contributed by atoms with E-state index in [0.717, 1.165) is 11.3 Å². The van der Waals surface area contributed by atoms with Crippen molar-refractivity contribution in [1.82, 2.24) is 10.2 Å². The monoisotopic (exact) mass is 293 g/mol. The molecule has 1 heterocycles. The molecule has 0 atom stereocenters. The maximum absolute atomic E-state index is 11.6. The largest absolute Gasteiger partial charge is 0.419 e. The third-order valence-corrected chi connectivity index (χ3v) is 3.22. The van der Waals surface area contributed by atoms with Gasteiger partial charge in [0.1, 0.15) is 0 Å². The van der Waals surface area contributed by atoms with Crippen molar-refractivity contribution < 1.29 is 9.21 Å². The number of benzene rings is 2. The van der Waals surface area contributed by atoms with Gasteiger partial charge in [-0.15, -0.1) is 10.2 Å². The summed E-state index contributed by atoms with van der Waals surface area (Å²) in [6, 6.07) is 16.9. The lowest BCUT2D eigenvalue weighted by Crippen LogP contribution is -2.05. The lowest BCUT2D eigenvalue weighted by atomic mass is 10.1. The number of Topliss-reactive ketones (excluding diaryl/α,β-unsaturated/α-hetero) is 1. The highest BCUT2D eigenvalue weighted by molar-refractivity contribution is 5.99. The highest BCUT2D eigenvalue weighted by Gasteiger charge is 2.10. The van der Waals surface area contributed by atoms with Gasteiger partial charge in [0.2, 0.25) is 11.8 Å². The number of nitrogens with one attached hydrogen (secondary N) is 1. The molecule has 0 unspecified atom stereocenters. The SMILES string of the molecule is CC(=O)c1ccccc1NCc1nnc(-c2ccccc2)o1. The first kappa shape index (κ1) is 14.0. The van der Waals surface area contributed by atoms with Gasteiger partial charge in [-0.25, -0.2) is 0 Å². The summed E-state index contributed by atoms with van der Waals surface area (Å²) in [6.07, 6.45) is 0. The molecule has 0 amide bonds. The normalized spacial score (nSPS) is 10.4. The Hall–Kier alpha value is -2.95. The van der Waals surface area contributed by atoms with Crippen LogP contribution in [0.1, 0.15) is 23.2 Å². The van der Waals surface area contributed by atoms with Crippen LogP contribution in [0.15, 0.2) is 59.0 Å². The van der Waals surface area contributed by atoms with Crippen LogP contribution >= 0.6 is 0 Å². The van der Waals surface area contributed by atoms with Gasteiger partial charge in [-0.3, -0.25) is 4.79 Å². The zero-order chi connectivity index (χ0) is 15.4. The summed E-state index contributed by atoms with van der Waals surface area (Å²) in [5.74, 6) is 0.966. The van der Waals surface area contributed by atoms with Gasteiger partial charge in [-0.2, -0.15) is 0 Å². The lowest BCUT2D eigenvalue weighted by molar-refractivity contribution is 0.101. The molecule has 0 spiro atoms. The van der Waals surface area contributed by atoms with Gasteiger partial charge in [-0.05, 0) is 31.2 Å². The predicted octanol–water partition coefficient (Wildman–Crippen LogP) is 3.55. The van der Waals surface area contributed by atoms with Gasteiger partial charge in [0.15, 0.2) is 5.78 Å². The number of aromatic nitrogens is 2. The molecule has 0 aliphatic rings. The van der Waals surface area contributed by atoms with Crippen molar-refractivity contribution in [3.63, 3.8) is 0 Å². The molecular formula is C17H15N3O2. The number of rotatable bonds is 5. The summed E-state index contributed by atoms with van der Waals surface area (Å²) >= 11 is 0. The van der Waals surface area contributed by atoms with Crippen molar-refractivity contribution in [2.24, 2.45) is 0 Å². The van der Waals surface area contributed by atoms with Gasteiger partial charge < -0.3 is 9.73 Å². The molecule has 0 aliphatic carbocycles. The Morgan fingerprint density at radius 1 is 1.05 bits per heavy atom. The number of anilines is 1. The van der Waals surface area contributed by atoms with E-state index in [0.29, 0.717) is 23.9 Å². The summed E-state index contributed by atoms with van der Waals surface area (Å²) in [4.78, 5) is 11.6. The molecule has 2 aromatic carbocycles. The van der Waals surface area contributed by atoms with Crippen LogP contribution in [0.4, 0.5) is 5.69 Å². The Bertz CT molecular complexity index is 781. The van der Waals surface area contributed by atoms with Crippen molar-refractivity contribution in [2.75, 3.05) is 5.32 Å². The molecule has 1 N–H and O–H groups in total. The maximum atomic E-state index is 11.6. The first-order valence-corrected chi connectivity index (χ1v) is 6.95. The molecule has 0 aliphatic heterocycles. The van der Waals surface area contributed by atoms with E-state index in [2.05, 4.69) is 15.5 Å². The minimum absolute atomic E-state index is 0.0126. The molecule has 5 nitrogen and oxygen atoms in total. The summed E-state index contributed by atoms with van der Waals surface area (Å²) in [7, 11) is 0. The smallest absolute Gasteiger partial charge is 0.247 e. The Morgan fingerprint density at radius 3 is 2.55 bits per heavy atom. The molecule has 110 valence electrons. The van der Waals surface area contributed by atoms with Crippen molar-refractivity contribution in [3.8, 4) is 11.5 Å². The molecule has 3 rings (SSSR count). The molecule has 0 saturated carbocycles. The van der Waals surface area contributed by atoms with E-state index in [1.807, 2.05) is 48.5 Å². The minimum Gasteiger partial charge on any atom is -0.419 e. The summed E-state index contributed by atoms with van der Waals surface area (Å²) in [6.45, 7) is 1.91. The number of para-hydroxylation sites is 1. The van der Waals surface area contributed by atoms with Gasteiger partial charge in [0.25, 0.3) is 0 Å². The van der Waals surface area contributed by atoms with Gasteiger partial charge in [-0.1, -0.05) is 30.3 Å². The lowest BCUT2D eigenvalue weighted by Gasteiger charge is -2.07. The van der Waals surface area contributed by atoms with Crippen LogP contribution in [-0.4, -0.2) is 16.0 Å². The summed E-state index contributed by atoms with van der Waals surface area (Å²) in [5, 5.41) is 11.2. The fraction of sp³-hybridized carbons (Fsp3) is 0.118. The molecule has 1 aromatic heterocycles. The summed E-state index contributed by atoms with van der Waals surface area (Å²) in [5.41, 5.74) is 2.28. The quantitative estimate of drug-likeness (QED) is 0.729. The Morgan fingerprint density at radius 2 is 1.77 bits per heavy atom. The molecule has 5 heteroatoms. The third-order valence-electron chi connectivity index (χ3n) is 3.22. The number of hydrogen-bond donors (Lipinski definition) is 1. The van der Waals surface area contributed by atoms with Crippen molar-refractivity contribution in [1.29, 1.82) is 0 Å². The Kier molecular flexibility index (Phi) is 3.96. The fourth-order valence-electron chi connectivity index (χ4n) is 2.14. The zero-order valence-electron chi connectivity index (χ0n) is 12.1. The third kappa shape index (κ3) is 3.03. The van der Waals surface area contributed by atoms with E-state index in [4.69, 9.17) is 4.42 Å². The standard InChI is InChI=1S/C17H15N3O2/c1-12(21)14-9-5-6-10-15(14)18-11-16-19-20-17(22-16)13-7-3-2-4-8-13/h2-10,18H,11H2,1H3. The van der Waals surface area contributed by atoms with E-state index in [1.165, 1.54) is 0 Å². The molecule has 0 radical (unpaired) electrons. The second-order valence-corrected chi connectivity index (χ2v) is 4.82. The van der Waals surface area contributed by atoms with Gasteiger partial charge in [0.05, 0.1) is 6.54 Å². The second-order valence-electron chi connectivity index (χ2n) is 4.82. The Labute approximate surface area is 128 Å². The molecular weight excluding hydrogens is 278 g/mol. The molecule has 0 bridgehead atoms. The number of carbonyl (C=O) groups excluding carboxylic acids is 1. The van der Waals surface area contributed by atoms with E-state index >= 15 is 0 Å². The van der Waals surface area contributed by atoms with Gasteiger partial charge in [0, 0.05) is 16.8 Å². The van der Waals surface area contributed by atoms with Crippen LogP contribution in [0, 0.1) is 0 Å². The number of nitrogens with zero attached hydrogens (tertiary/aromatic N) is 2. The second kappa shape index (κ2) is 6.22. The fourth-order valence-corrected chi connectivity index (χ4v) is 2.14. The number of ketones is 1. The minimum atomic E-state index is 0.0126. The van der Waals surface area contributed by atoms with Crippen LogP contribution in [-0.2, 0) is 6.54 Å². The molecule has 22 heavy (non-hydrogen) atoms. The topological polar surface area (TPSA) is 68.0 Å². The van der Waals surface area contributed by atoms with Crippen molar-refractivity contribution in [2.45, 2.75) is 13.5 Å². The van der Waals surface area contributed by atoms with E-state index < -0.39 is 0 Å². The first-order valence-electron chi connectivity index (χ1n) is 6.95. The van der Waals surface area contributed by atoms with Crippen LogP contribution in [0.3, 0.4) is 0 Å². The average Bonchev–Trinajstić information content (AvgIpc) is 3.03.